The molecule has 1 heterocycles. The second kappa shape index (κ2) is 5.05. The first-order valence-corrected chi connectivity index (χ1v) is 7.10. The van der Waals surface area contributed by atoms with Gasteiger partial charge in [0, 0.05) is 18.1 Å². The van der Waals surface area contributed by atoms with Gasteiger partial charge in [-0.25, -0.2) is 0 Å². The number of rotatable bonds is 2. The van der Waals surface area contributed by atoms with Gasteiger partial charge >= 0.3 is 0 Å². The fourth-order valence-electron chi connectivity index (χ4n) is 3.34. The van der Waals surface area contributed by atoms with Crippen LogP contribution in [0.15, 0.2) is 0 Å². The van der Waals surface area contributed by atoms with Gasteiger partial charge in [-0.05, 0) is 45.2 Å². The summed E-state index contributed by atoms with van der Waals surface area (Å²) in [5, 5.41) is 3.71. The van der Waals surface area contributed by atoms with Crippen molar-refractivity contribution in [3.05, 3.63) is 0 Å². The fraction of sp³-hybridized carbons (Fsp3) is 1.00. The Bertz CT molecular complexity index is 219. The van der Waals surface area contributed by atoms with Gasteiger partial charge < -0.3 is 5.32 Å². The van der Waals surface area contributed by atoms with E-state index >= 15 is 0 Å². The molecule has 1 saturated heterocycles. The average Bonchev–Trinajstić information content (AvgIpc) is 2.55. The summed E-state index contributed by atoms with van der Waals surface area (Å²) in [6, 6.07) is 0.694. The maximum atomic E-state index is 3.71. The largest absolute Gasteiger partial charge is 0.312 e. The molecule has 0 amide bonds. The van der Waals surface area contributed by atoms with Crippen LogP contribution in [-0.4, -0.2) is 36.1 Å². The van der Waals surface area contributed by atoms with E-state index in [9.17, 15) is 0 Å². The molecule has 16 heavy (non-hydrogen) atoms. The molecule has 2 heteroatoms. The molecule has 2 aliphatic rings. The topological polar surface area (TPSA) is 15.3 Å². The average molecular weight is 224 g/mol. The first kappa shape index (κ1) is 12.4. The Hall–Kier alpha value is -0.0800. The molecule has 0 radical (unpaired) electrons. The van der Waals surface area contributed by atoms with E-state index in [-0.39, 0.29) is 0 Å². The van der Waals surface area contributed by atoms with Gasteiger partial charge in [-0.1, -0.05) is 26.7 Å². The third-order valence-corrected chi connectivity index (χ3v) is 4.68. The van der Waals surface area contributed by atoms with Gasteiger partial charge in [-0.2, -0.15) is 0 Å². The second-order valence-corrected chi connectivity index (χ2v) is 6.31. The SMILES string of the molecule is CC(C)C1CN(C2(C)CCCC2)CCCN1. The summed E-state index contributed by atoms with van der Waals surface area (Å²) >= 11 is 0. The van der Waals surface area contributed by atoms with Crippen molar-refractivity contribution in [3.8, 4) is 0 Å². The standard InChI is InChI=1S/C14H28N2/c1-12(2)13-11-16(10-6-9-15-13)14(3)7-4-5-8-14/h12-13,15H,4-11H2,1-3H3. The van der Waals surface area contributed by atoms with Gasteiger partial charge in [0.15, 0.2) is 0 Å². The van der Waals surface area contributed by atoms with E-state index in [0.29, 0.717) is 11.6 Å². The van der Waals surface area contributed by atoms with E-state index in [4.69, 9.17) is 0 Å². The van der Waals surface area contributed by atoms with Crippen LogP contribution in [-0.2, 0) is 0 Å². The summed E-state index contributed by atoms with van der Waals surface area (Å²) in [5.41, 5.74) is 0.513. The van der Waals surface area contributed by atoms with Crippen molar-refractivity contribution in [3.63, 3.8) is 0 Å². The summed E-state index contributed by atoms with van der Waals surface area (Å²) in [6.07, 6.45) is 7.02. The highest BCUT2D eigenvalue weighted by Crippen LogP contribution is 2.35. The first-order valence-electron chi connectivity index (χ1n) is 7.10. The van der Waals surface area contributed by atoms with Crippen LogP contribution in [0.25, 0.3) is 0 Å². The Morgan fingerprint density at radius 3 is 2.50 bits per heavy atom. The molecule has 2 fully saturated rings. The van der Waals surface area contributed by atoms with Crippen molar-refractivity contribution in [1.29, 1.82) is 0 Å². The molecular weight excluding hydrogens is 196 g/mol. The van der Waals surface area contributed by atoms with Gasteiger partial charge in [0.25, 0.3) is 0 Å². The number of hydrogen-bond acceptors (Lipinski definition) is 2. The van der Waals surface area contributed by atoms with Gasteiger partial charge in [0.05, 0.1) is 0 Å². The third kappa shape index (κ3) is 2.60. The lowest BCUT2D eigenvalue weighted by atomic mass is 9.95. The summed E-state index contributed by atoms with van der Waals surface area (Å²) in [7, 11) is 0. The Kier molecular flexibility index (Phi) is 3.91. The maximum Gasteiger partial charge on any atom is 0.0218 e. The Balaban J connectivity index is 2.02. The van der Waals surface area contributed by atoms with Crippen LogP contribution in [0.3, 0.4) is 0 Å². The first-order chi connectivity index (χ1) is 7.62. The molecule has 2 rings (SSSR count). The quantitative estimate of drug-likeness (QED) is 0.776. The van der Waals surface area contributed by atoms with Crippen LogP contribution in [0.1, 0.15) is 52.9 Å². The number of nitrogens with zero attached hydrogens (tertiary/aromatic N) is 1. The zero-order valence-corrected chi connectivity index (χ0v) is 11.3. The minimum Gasteiger partial charge on any atom is -0.312 e. The number of nitrogens with one attached hydrogen (secondary N) is 1. The van der Waals surface area contributed by atoms with Crippen molar-refractivity contribution in [2.75, 3.05) is 19.6 Å². The molecule has 1 aliphatic heterocycles. The molecule has 0 aromatic heterocycles. The van der Waals surface area contributed by atoms with Crippen LogP contribution in [0, 0.1) is 5.92 Å². The minimum atomic E-state index is 0.513. The van der Waals surface area contributed by atoms with E-state index in [1.165, 1.54) is 51.7 Å². The van der Waals surface area contributed by atoms with Gasteiger partial charge in [-0.3, -0.25) is 4.90 Å². The molecule has 0 bridgehead atoms. The monoisotopic (exact) mass is 224 g/mol. The fourth-order valence-corrected chi connectivity index (χ4v) is 3.34. The van der Waals surface area contributed by atoms with Crippen molar-refractivity contribution >= 4 is 0 Å². The van der Waals surface area contributed by atoms with Crippen molar-refractivity contribution < 1.29 is 0 Å². The molecule has 1 aliphatic carbocycles. The molecule has 1 unspecified atom stereocenters. The summed E-state index contributed by atoms with van der Waals surface area (Å²) < 4.78 is 0. The molecule has 0 aromatic rings. The lowest BCUT2D eigenvalue weighted by Gasteiger charge is -2.40. The van der Waals surface area contributed by atoms with Crippen LogP contribution >= 0.6 is 0 Å². The highest BCUT2D eigenvalue weighted by molar-refractivity contribution is 4.94. The van der Waals surface area contributed by atoms with E-state index in [2.05, 4.69) is 31.0 Å². The second-order valence-electron chi connectivity index (χ2n) is 6.31. The molecule has 2 nitrogen and oxygen atoms in total. The Labute approximate surface area is 101 Å². The Morgan fingerprint density at radius 1 is 1.19 bits per heavy atom. The van der Waals surface area contributed by atoms with Crippen molar-refractivity contribution in [2.24, 2.45) is 5.92 Å². The zero-order valence-electron chi connectivity index (χ0n) is 11.3. The van der Waals surface area contributed by atoms with E-state index in [1.54, 1.807) is 0 Å². The highest BCUT2D eigenvalue weighted by Gasteiger charge is 2.36. The molecule has 0 aromatic carbocycles. The molecule has 0 spiro atoms. The number of hydrogen-bond donors (Lipinski definition) is 1. The zero-order chi connectivity index (χ0) is 11.6. The van der Waals surface area contributed by atoms with Gasteiger partial charge in [0.1, 0.15) is 0 Å². The summed E-state index contributed by atoms with van der Waals surface area (Å²) in [4.78, 5) is 2.78. The normalized spacial score (nSPS) is 31.9. The van der Waals surface area contributed by atoms with Crippen LogP contribution in [0.4, 0.5) is 0 Å². The van der Waals surface area contributed by atoms with Gasteiger partial charge in [0.2, 0.25) is 0 Å². The van der Waals surface area contributed by atoms with Crippen molar-refractivity contribution in [1.82, 2.24) is 10.2 Å². The van der Waals surface area contributed by atoms with Crippen LogP contribution in [0.5, 0.6) is 0 Å². The van der Waals surface area contributed by atoms with Crippen LogP contribution < -0.4 is 5.32 Å². The molecule has 1 atom stereocenters. The molecular formula is C14H28N2. The predicted octanol–water partition coefficient (Wildman–Crippen LogP) is 2.64. The van der Waals surface area contributed by atoms with Crippen LogP contribution in [0.2, 0.25) is 0 Å². The van der Waals surface area contributed by atoms with E-state index in [1.807, 2.05) is 0 Å². The smallest absolute Gasteiger partial charge is 0.0218 e. The predicted molar refractivity (Wildman–Crippen MR) is 69.7 cm³/mol. The Morgan fingerprint density at radius 2 is 1.88 bits per heavy atom. The van der Waals surface area contributed by atoms with E-state index in [0.717, 1.165) is 5.92 Å². The highest BCUT2D eigenvalue weighted by atomic mass is 15.2. The lowest BCUT2D eigenvalue weighted by Crippen LogP contribution is -2.50. The maximum absolute atomic E-state index is 3.71. The minimum absolute atomic E-state index is 0.513. The van der Waals surface area contributed by atoms with Gasteiger partial charge in [-0.15, -0.1) is 0 Å². The molecule has 94 valence electrons. The molecule has 1 saturated carbocycles. The van der Waals surface area contributed by atoms with E-state index < -0.39 is 0 Å². The summed E-state index contributed by atoms with van der Waals surface area (Å²) in [5.74, 6) is 0.755. The lowest BCUT2D eigenvalue weighted by molar-refractivity contribution is 0.100. The molecule has 1 N–H and O–H groups in total. The third-order valence-electron chi connectivity index (χ3n) is 4.68. The summed E-state index contributed by atoms with van der Waals surface area (Å²) in [6.45, 7) is 10.9. The van der Waals surface area contributed by atoms with Crippen molar-refractivity contribution in [2.45, 2.75) is 64.5 Å².